The van der Waals surface area contributed by atoms with Crippen LogP contribution in [0.2, 0.25) is 5.02 Å². The Hall–Kier alpha value is -3.24. The Kier molecular flexibility index (Phi) is 7.47. The Morgan fingerprint density at radius 3 is 1.81 bits per heavy atom. The van der Waals surface area contributed by atoms with E-state index in [1.54, 1.807) is 0 Å². The number of ketones is 1. The molecule has 0 amide bonds. The number of benzene rings is 4. The van der Waals surface area contributed by atoms with E-state index in [-0.39, 0.29) is 24.3 Å². The molecule has 0 saturated carbocycles. The maximum Gasteiger partial charge on any atom is 0.164 e. The van der Waals surface area contributed by atoms with Crippen LogP contribution in [0.15, 0.2) is 115 Å². The van der Waals surface area contributed by atoms with Gasteiger partial charge in [0.1, 0.15) is 6.10 Å². The molecule has 0 saturated heterocycles. The summed E-state index contributed by atoms with van der Waals surface area (Å²) in [5.41, 5.74) is 6.78. The van der Waals surface area contributed by atoms with Gasteiger partial charge in [0.05, 0.1) is 6.04 Å². The lowest BCUT2D eigenvalue weighted by Crippen LogP contribution is -2.27. The van der Waals surface area contributed by atoms with Gasteiger partial charge in [-0.3, -0.25) is 9.63 Å². The fourth-order valence-corrected chi connectivity index (χ4v) is 3.81. The first-order valence-electron chi connectivity index (χ1n) is 10.6. The zero-order chi connectivity index (χ0) is 22.2. The zero-order valence-electron chi connectivity index (χ0n) is 17.5. The Bertz CT molecular complexity index is 1090. The van der Waals surface area contributed by atoms with E-state index in [1.807, 2.05) is 115 Å². The van der Waals surface area contributed by atoms with Crippen molar-refractivity contribution in [3.05, 3.63) is 143 Å². The van der Waals surface area contributed by atoms with Gasteiger partial charge in [0.15, 0.2) is 5.78 Å². The summed E-state index contributed by atoms with van der Waals surface area (Å²) in [5.74, 6) is 0.0302. The molecule has 0 spiro atoms. The molecule has 0 aliphatic rings. The minimum absolute atomic E-state index is 0.0302. The Labute approximate surface area is 193 Å². The molecule has 1 atom stereocenters. The van der Waals surface area contributed by atoms with Crippen LogP contribution >= 0.6 is 11.6 Å². The highest BCUT2D eigenvalue weighted by atomic mass is 35.5. The first-order chi connectivity index (χ1) is 15.7. The highest BCUT2D eigenvalue weighted by Gasteiger charge is 2.21. The largest absolute Gasteiger partial charge is 0.294 e. The fraction of sp³-hybridized carbons (Fsp3) is 0.107. The van der Waals surface area contributed by atoms with E-state index in [0.29, 0.717) is 10.6 Å². The standard InChI is InChI=1S/C28H24ClNO2/c29-25-18-10-17-24(19-25)26(20-27(31)21-11-4-1-5-12-21)30-32-28(22-13-6-2-7-14-22)23-15-8-3-9-16-23/h1-19,26,28,30H,20H2/t26-/m0/s1. The van der Waals surface area contributed by atoms with E-state index in [9.17, 15) is 4.79 Å². The number of halogens is 1. The molecule has 160 valence electrons. The smallest absolute Gasteiger partial charge is 0.164 e. The van der Waals surface area contributed by atoms with Crippen molar-refractivity contribution in [2.75, 3.05) is 0 Å². The predicted molar refractivity (Wildman–Crippen MR) is 129 cm³/mol. The fourth-order valence-electron chi connectivity index (χ4n) is 3.61. The SMILES string of the molecule is O=C(C[C@H](NOC(c1ccccc1)c1ccccc1)c1cccc(Cl)c1)c1ccccc1. The molecular weight excluding hydrogens is 418 g/mol. The van der Waals surface area contributed by atoms with Crippen LogP contribution in [-0.4, -0.2) is 5.78 Å². The second-order valence-corrected chi connectivity index (χ2v) is 7.97. The lowest BCUT2D eigenvalue weighted by Gasteiger charge is -2.24. The highest BCUT2D eigenvalue weighted by Crippen LogP contribution is 2.28. The summed E-state index contributed by atoms with van der Waals surface area (Å²) in [6.45, 7) is 0. The second kappa shape index (κ2) is 10.9. The quantitative estimate of drug-likeness (QED) is 0.225. The van der Waals surface area contributed by atoms with Crippen molar-refractivity contribution in [1.82, 2.24) is 5.48 Å². The van der Waals surface area contributed by atoms with E-state index < -0.39 is 0 Å². The maximum absolute atomic E-state index is 13.0. The molecule has 0 aromatic heterocycles. The van der Waals surface area contributed by atoms with Crippen molar-refractivity contribution < 1.29 is 9.63 Å². The lowest BCUT2D eigenvalue weighted by atomic mass is 9.98. The van der Waals surface area contributed by atoms with Gasteiger partial charge >= 0.3 is 0 Å². The summed E-state index contributed by atoms with van der Waals surface area (Å²) >= 11 is 6.24. The summed E-state index contributed by atoms with van der Waals surface area (Å²) in [4.78, 5) is 19.2. The average Bonchev–Trinajstić information content (AvgIpc) is 2.85. The number of hydroxylamine groups is 1. The van der Waals surface area contributed by atoms with Gasteiger partial charge in [-0.15, -0.1) is 0 Å². The van der Waals surface area contributed by atoms with Crippen LogP contribution in [0.5, 0.6) is 0 Å². The minimum atomic E-state index is -0.365. The molecule has 0 heterocycles. The van der Waals surface area contributed by atoms with Gasteiger partial charge in [-0.05, 0) is 28.8 Å². The van der Waals surface area contributed by atoms with Gasteiger partial charge in [-0.1, -0.05) is 115 Å². The molecule has 4 heteroatoms. The van der Waals surface area contributed by atoms with Crippen molar-refractivity contribution in [2.24, 2.45) is 0 Å². The number of Topliss-reactive ketones (excluding diaryl/α,β-unsaturated/α-hetero) is 1. The minimum Gasteiger partial charge on any atom is -0.294 e. The van der Waals surface area contributed by atoms with E-state index in [2.05, 4.69) is 5.48 Å². The molecule has 0 bridgehead atoms. The van der Waals surface area contributed by atoms with Crippen LogP contribution in [0.4, 0.5) is 0 Å². The highest BCUT2D eigenvalue weighted by molar-refractivity contribution is 6.30. The van der Waals surface area contributed by atoms with Crippen molar-refractivity contribution in [3.8, 4) is 0 Å². The molecule has 0 fully saturated rings. The number of carbonyl (C=O) groups excluding carboxylic acids is 1. The van der Waals surface area contributed by atoms with Crippen molar-refractivity contribution in [1.29, 1.82) is 0 Å². The third kappa shape index (κ3) is 5.71. The van der Waals surface area contributed by atoms with E-state index in [0.717, 1.165) is 16.7 Å². The van der Waals surface area contributed by atoms with Crippen molar-refractivity contribution >= 4 is 17.4 Å². The first-order valence-corrected chi connectivity index (χ1v) is 10.9. The number of hydrogen-bond acceptors (Lipinski definition) is 3. The lowest BCUT2D eigenvalue weighted by molar-refractivity contribution is -0.0272. The van der Waals surface area contributed by atoms with Crippen LogP contribution in [0.3, 0.4) is 0 Å². The molecule has 3 nitrogen and oxygen atoms in total. The van der Waals surface area contributed by atoms with Crippen molar-refractivity contribution in [2.45, 2.75) is 18.6 Å². The van der Waals surface area contributed by atoms with Crippen LogP contribution in [-0.2, 0) is 4.84 Å². The number of carbonyl (C=O) groups is 1. The maximum atomic E-state index is 13.0. The van der Waals surface area contributed by atoms with Gasteiger partial charge in [-0.25, -0.2) is 0 Å². The molecule has 0 aliphatic carbocycles. The second-order valence-electron chi connectivity index (χ2n) is 7.54. The molecule has 4 aromatic carbocycles. The molecule has 32 heavy (non-hydrogen) atoms. The van der Waals surface area contributed by atoms with Gasteiger partial charge in [0, 0.05) is 17.0 Å². The van der Waals surface area contributed by atoms with E-state index >= 15 is 0 Å². The van der Waals surface area contributed by atoms with Crippen LogP contribution in [0.1, 0.15) is 45.6 Å². The van der Waals surface area contributed by atoms with E-state index in [1.165, 1.54) is 0 Å². The van der Waals surface area contributed by atoms with Gasteiger partial charge in [-0.2, -0.15) is 5.48 Å². The summed E-state index contributed by atoms with van der Waals surface area (Å²) in [6.07, 6.45) is -0.0911. The predicted octanol–water partition coefficient (Wildman–Crippen LogP) is 6.96. The monoisotopic (exact) mass is 441 g/mol. The number of nitrogens with one attached hydrogen (secondary N) is 1. The van der Waals surface area contributed by atoms with Crippen molar-refractivity contribution in [3.63, 3.8) is 0 Å². The topological polar surface area (TPSA) is 38.3 Å². The Balaban J connectivity index is 1.60. The number of rotatable bonds is 9. The molecular formula is C28H24ClNO2. The van der Waals surface area contributed by atoms with Crippen LogP contribution in [0.25, 0.3) is 0 Å². The van der Waals surface area contributed by atoms with Gasteiger partial charge < -0.3 is 0 Å². The molecule has 0 radical (unpaired) electrons. The molecule has 4 rings (SSSR count). The van der Waals surface area contributed by atoms with Crippen LogP contribution in [0, 0.1) is 0 Å². The Morgan fingerprint density at radius 2 is 1.25 bits per heavy atom. The first kappa shape index (κ1) is 22.0. The summed E-state index contributed by atoms with van der Waals surface area (Å²) in [5, 5.41) is 0.615. The van der Waals surface area contributed by atoms with Gasteiger partial charge in [0.2, 0.25) is 0 Å². The summed E-state index contributed by atoms with van der Waals surface area (Å²) < 4.78 is 0. The average molecular weight is 442 g/mol. The zero-order valence-corrected chi connectivity index (χ0v) is 18.3. The van der Waals surface area contributed by atoms with E-state index in [4.69, 9.17) is 16.4 Å². The third-order valence-corrected chi connectivity index (χ3v) is 5.50. The normalized spacial score (nSPS) is 11.9. The number of hydrogen-bond donors (Lipinski definition) is 1. The molecule has 4 aromatic rings. The van der Waals surface area contributed by atoms with Crippen LogP contribution < -0.4 is 5.48 Å². The molecule has 1 N–H and O–H groups in total. The molecule has 0 aliphatic heterocycles. The third-order valence-electron chi connectivity index (χ3n) is 5.27. The summed E-state index contributed by atoms with van der Waals surface area (Å²) in [6, 6.07) is 36.5. The molecule has 0 unspecified atom stereocenters. The summed E-state index contributed by atoms with van der Waals surface area (Å²) in [7, 11) is 0. The van der Waals surface area contributed by atoms with Gasteiger partial charge in [0.25, 0.3) is 0 Å². The Morgan fingerprint density at radius 1 is 0.719 bits per heavy atom.